The van der Waals surface area contributed by atoms with E-state index in [1.807, 2.05) is 60.7 Å². The summed E-state index contributed by atoms with van der Waals surface area (Å²) in [6, 6.07) is 21.0. The van der Waals surface area contributed by atoms with Crippen LogP contribution in [0.5, 0.6) is 11.5 Å². The number of amides is 1. The molecule has 0 aliphatic carbocycles. The molecule has 0 unspecified atom stereocenters. The maximum atomic E-state index is 12.4. The maximum absolute atomic E-state index is 12.4. The molecule has 0 saturated heterocycles. The van der Waals surface area contributed by atoms with Crippen LogP contribution in [0.25, 0.3) is 22.4 Å². The zero-order valence-electron chi connectivity index (χ0n) is 16.2. The molecule has 0 saturated carbocycles. The van der Waals surface area contributed by atoms with Gasteiger partial charge in [-0.05, 0) is 54.1 Å². The number of rotatable bonds is 6. The summed E-state index contributed by atoms with van der Waals surface area (Å²) in [5.41, 5.74) is 4.46. The molecule has 1 amide bonds. The van der Waals surface area contributed by atoms with Gasteiger partial charge >= 0.3 is 0 Å². The first kappa shape index (κ1) is 18.6. The number of fused-ring (bicyclic) bond motifs is 1. The molecule has 1 aromatic heterocycles. The lowest BCUT2D eigenvalue weighted by atomic mass is 10.1. The minimum absolute atomic E-state index is 0.103. The van der Waals surface area contributed by atoms with Crippen molar-refractivity contribution in [3.63, 3.8) is 0 Å². The Kier molecular flexibility index (Phi) is 5.16. The van der Waals surface area contributed by atoms with Crippen LogP contribution in [0, 0.1) is 0 Å². The fourth-order valence-corrected chi connectivity index (χ4v) is 3.18. The quantitative estimate of drug-likeness (QED) is 0.513. The van der Waals surface area contributed by atoms with Gasteiger partial charge in [-0.15, -0.1) is 0 Å². The number of carbonyl (C=O) groups is 1. The second kappa shape index (κ2) is 8.06. The molecule has 6 nitrogen and oxygen atoms in total. The smallest absolute Gasteiger partial charge is 0.228 e. The lowest BCUT2D eigenvalue weighted by molar-refractivity contribution is -0.115. The van der Waals surface area contributed by atoms with Crippen molar-refractivity contribution in [2.75, 3.05) is 19.5 Å². The molecule has 0 bridgehead atoms. The standard InChI is InChI=1S/C23H21N3O3/c1-28-20-12-7-15(13-21(20)29-2)14-22(27)24-17-10-8-16(9-11-17)23-25-18-5-3-4-6-19(18)26-23/h3-13H,14H2,1-2H3,(H,24,27)(H,25,26). The van der Waals surface area contributed by atoms with Crippen LogP contribution >= 0.6 is 0 Å². The van der Waals surface area contributed by atoms with Gasteiger partial charge in [-0.3, -0.25) is 4.79 Å². The Balaban J connectivity index is 1.44. The number of benzene rings is 3. The predicted octanol–water partition coefficient (Wildman–Crippen LogP) is 4.43. The van der Waals surface area contributed by atoms with Crippen LogP contribution in [0.2, 0.25) is 0 Å². The summed E-state index contributed by atoms with van der Waals surface area (Å²) < 4.78 is 10.5. The molecule has 3 aromatic carbocycles. The molecule has 0 spiro atoms. The molecule has 29 heavy (non-hydrogen) atoms. The van der Waals surface area contributed by atoms with Crippen LogP contribution in [0.4, 0.5) is 5.69 Å². The highest BCUT2D eigenvalue weighted by Crippen LogP contribution is 2.28. The molecule has 4 aromatic rings. The van der Waals surface area contributed by atoms with Gasteiger partial charge in [-0.2, -0.15) is 0 Å². The number of ether oxygens (including phenoxy) is 2. The van der Waals surface area contributed by atoms with E-state index in [4.69, 9.17) is 9.47 Å². The van der Waals surface area contributed by atoms with Crippen molar-refractivity contribution in [1.29, 1.82) is 0 Å². The number of H-pyrrole nitrogens is 1. The van der Waals surface area contributed by atoms with Crippen molar-refractivity contribution in [2.45, 2.75) is 6.42 Å². The first-order valence-electron chi connectivity index (χ1n) is 9.22. The van der Waals surface area contributed by atoms with Gasteiger partial charge in [0.05, 0.1) is 31.7 Å². The van der Waals surface area contributed by atoms with Gasteiger partial charge in [0, 0.05) is 11.3 Å². The highest BCUT2D eigenvalue weighted by atomic mass is 16.5. The Morgan fingerprint density at radius 3 is 2.45 bits per heavy atom. The lowest BCUT2D eigenvalue weighted by Crippen LogP contribution is -2.14. The van der Waals surface area contributed by atoms with Gasteiger partial charge in [0.2, 0.25) is 5.91 Å². The minimum atomic E-state index is -0.103. The molecule has 2 N–H and O–H groups in total. The van der Waals surface area contributed by atoms with Crippen LogP contribution < -0.4 is 14.8 Å². The summed E-state index contributed by atoms with van der Waals surface area (Å²) in [6.07, 6.45) is 0.242. The number of nitrogens with one attached hydrogen (secondary N) is 2. The van der Waals surface area contributed by atoms with Crippen LogP contribution in [0.1, 0.15) is 5.56 Å². The van der Waals surface area contributed by atoms with E-state index in [0.717, 1.165) is 33.7 Å². The van der Waals surface area contributed by atoms with E-state index in [-0.39, 0.29) is 12.3 Å². The summed E-state index contributed by atoms with van der Waals surface area (Å²) >= 11 is 0. The Morgan fingerprint density at radius 1 is 0.966 bits per heavy atom. The fraction of sp³-hybridized carbons (Fsp3) is 0.130. The highest BCUT2D eigenvalue weighted by molar-refractivity contribution is 5.92. The third-order valence-electron chi connectivity index (χ3n) is 4.64. The molecule has 1 heterocycles. The number of anilines is 1. The molecule has 0 fully saturated rings. The number of para-hydroxylation sites is 2. The third kappa shape index (κ3) is 4.06. The Labute approximate surface area is 168 Å². The summed E-state index contributed by atoms with van der Waals surface area (Å²) in [5.74, 6) is 1.94. The third-order valence-corrected chi connectivity index (χ3v) is 4.64. The second-order valence-electron chi connectivity index (χ2n) is 6.59. The van der Waals surface area contributed by atoms with Gasteiger partial charge in [0.25, 0.3) is 0 Å². The summed E-state index contributed by atoms with van der Waals surface area (Å²) in [7, 11) is 3.16. The number of nitrogens with zero attached hydrogens (tertiary/aromatic N) is 1. The second-order valence-corrected chi connectivity index (χ2v) is 6.59. The molecule has 0 radical (unpaired) electrons. The van der Waals surface area contributed by atoms with Crippen molar-refractivity contribution in [2.24, 2.45) is 0 Å². The van der Waals surface area contributed by atoms with E-state index < -0.39 is 0 Å². The first-order valence-corrected chi connectivity index (χ1v) is 9.22. The molecular formula is C23H21N3O3. The van der Waals surface area contributed by atoms with Crippen LogP contribution in [-0.4, -0.2) is 30.1 Å². The van der Waals surface area contributed by atoms with E-state index in [1.54, 1.807) is 20.3 Å². The van der Waals surface area contributed by atoms with Crippen LogP contribution in [-0.2, 0) is 11.2 Å². The minimum Gasteiger partial charge on any atom is -0.493 e. The maximum Gasteiger partial charge on any atom is 0.228 e. The zero-order valence-corrected chi connectivity index (χ0v) is 16.2. The molecule has 146 valence electrons. The van der Waals surface area contributed by atoms with Crippen LogP contribution in [0.15, 0.2) is 66.7 Å². The Hall–Kier alpha value is -3.80. The molecule has 0 atom stereocenters. The molecule has 0 aliphatic heterocycles. The summed E-state index contributed by atoms with van der Waals surface area (Å²) in [6.45, 7) is 0. The molecule has 6 heteroatoms. The highest BCUT2D eigenvalue weighted by Gasteiger charge is 2.10. The molecule has 4 rings (SSSR count). The van der Waals surface area contributed by atoms with Gasteiger partial charge in [-0.1, -0.05) is 18.2 Å². The van der Waals surface area contributed by atoms with E-state index in [0.29, 0.717) is 11.5 Å². The van der Waals surface area contributed by atoms with Crippen LogP contribution in [0.3, 0.4) is 0 Å². The SMILES string of the molecule is COc1ccc(CC(=O)Nc2ccc(-c3nc4ccccc4[nH]3)cc2)cc1OC. The number of aromatic amines is 1. The number of methoxy groups -OCH3 is 2. The number of hydrogen-bond acceptors (Lipinski definition) is 4. The molecular weight excluding hydrogens is 366 g/mol. The topological polar surface area (TPSA) is 76.2 Å². The van der Waals surface area contributed by atoms with Gasteiger partial charge in [0.1, 0.15) is 5.82 Å². The van der Waals surface area contributed by atoms with Crippen molar-refractivity contribution < 1.29 is 14.3 Å². The van der Waals surface area contributed by atoms with Crippen molar-refractivity contribution in [1.82, 2.24) is 9.97 Å². The number of imidazole rings is 1. The fourth-order valence-electron chi connectivity index (χ4n) is 3.18. The van der Waals surface area contributed by atoms with E-state index in [2.05, 4.69) is 15.3 Å². The van der Waals surface area contributed by atoms with Gasteiger partial charge in [-0.25, -0.2) is 4.98 Å². The summed E-state index contributed by atoms with van der Waals surface area (Å²) in [5, 5.41) is 2.92. The average Bonchev–Trinajstić information content (AvgIpc) is 3.18. The van der Waals surface area contributed by atoms with Crippen molar-refractivity contribution in [3.05, 3.63) is 72.3 Å². The largest absolute Gasteiger partial charge is 0.493 e. The number of aromatic nitrogens is 2. The predicted molar refractivity (Wildman–Crippen MR) is 113 cm³/mol. The van der Waals surface area contributed by atoms with E-state index in [1.165, 1.54) is 0 Å². The number of hydrogen-bond donors (Lipinski definition) is 2. The molecule has 0 aliphatic rings. The van der Waals surface area contributed by atoms with Crippen molar-refractivity contribution >= 4 is 22.6 Å². The number of carbonyl (C=O) groups excluding carboxylic acids is 1. The Bertz CT molecular complexity index is 1120. The van der Waals surface area contributed by atoms with E-state index >= 15 is 0 Å². The monoisotopic (exact) mass is 387 g/mol. The van der Waals surface area contributed by atoms with Gasteiger partial charge in [0.15, 0.2) is 11.5 Å². The van der Waals surface area contributed by atoms with E-state index in [9.17, 15) is 4.79 Å². The average molecular weight is 387 g/mol. The first-order chi connectivity index (χ1) is 14.2. The van der Waals surface area contributed by atoms with Gasteiger partial charge < -0.3 is 19.8 Å². The van der Waals surface area contributed by atoms with Crippen molar-refractivity contribution in [3.8, 4) is 22.9 Å². The lowest BCUT2D eigenvalue weighted by Gasteiger charge is -2.10. The Morgan fingerprint density at radius 2 is 1.72 bits per heavy atom. The zero-order chi connectivity index (χ0) is 20.2. The normalized spacial score (nSPS) is 10.7. The summed E-state index contributed by atoms with van der Waals surface area (Å²) in [4.78, 5) is 20.3.